The molecule has 0 fully saturated rings. The van der Waals surface area contributed by atoms with Gasteiger partial charge in [-0.25, -0.2) is 4.39 Å². The van der Waals surface area contributed by atoms with E-state index in [0.717, 1.165) is 13.1 Å². The van der Waals surface area contributed by atoms with Crippen molar-refractivity contribution in [2.45, 2.75) is 13.8 Å². The molecule has 2 nitrogen and oxygen atoms in total. The molecule has 0 aliphatic carbocycles. The van der Waals surface area contributed by atoms with Crippen molar-refractivity contribution in [3.63, 3.8) is 0 Å². The summed E-state index contributed by atoms with van der Waals surface area (Å²) in [5.41, 5.74) is 0. The summed E-state index contributed by atoms with van der Waals surface area (Å²) in [6.07, 6.45) is 0. The highest BCUT2D eigenvalue weighted by Crippen LogP contribution is 2.21. The van der Waals surface area contributed by atoms with Crippen molar-refractivity contribution in [3.05, 3.63) is 28.5 Å². The lowest BCUT2D eigenvalue weighted by Gasteiger charge is -2.13. The van der Waals surface area contributed by atoms with E-state index in [1.165, 1.54) is 6.07 Å². The fraction of sp³-hybridized carbons (Fsp3) is 0.500. The monoisotopic (exact) mass is 289 g/mol. The van der Waals surface area contributed by atoms with E-state index >= 15 is 0 Å². The summed E-state index contributed by atoms with van der Waals surface area (Å²) in [5.74, 6) is 0.855. The van der Waals surface area contributed by atoms with E-state index in [9.17, 15) is 4.39 Å². The van der Waals surface area contributed by atoms with Crippen LogP contribution in [0.15, 0.2) is 22.7 Å². The molecule has 1 rings (SSSR count). The molecule has 0 bridgehead atoms. The fourth-order valence-corrected chi connectivity index (χ4v) is 1.61. The van der Waals surface area contributed by atoms with E-state index in [4.69, 9.17) is 4.74 Å². The Balaban J connectivity index is 2.39. The first-order valence-corrected chi connectivity index (χ1v) is 6.21. The fourth-order valence-electron chi connectivity index (χ4n) is 1.25. The zero-order valence-electron chi connectivity index (χ0n) is 9.59. The highest BCUT2D eigenvalue weighted by molar-refractivity contribution is 9.10. The average molecular weight is 290 g/mol. The summed E-state index contributed by atoms with van der Waals surface area (Å²) in [7, 11) is 0. The second-order valence-corrected chi connectivity index (χ2v) is 4.65. The maximum Gasteiger partial charge on any atom is 0.137 e. The number of hydrogen-bond acceptors (Lipinski definition) is 2. The molecule has 1 unspecified atom stereocenters. The number of nitrogens with one attached hydrogen (secondary N) is 1. The van der Waals surface area contributed by atoms with Gasteiger partial charge in [0.2, 0.25) is 0 Å². The topological polar surface area (TPSA) is 21.3 Å². The van der Waals surface area contributed by atoms with Crippen LogP contribution in [-0.4, -0.2) is 19.7 Å². The van der Waals surface area contributed by atoms with Crippen LogP contribution in [0.4, 0.5) is 4.39 Å². The number of benzene rings is 1. The van der Waals surface area contributed by atoms with Crippen LogP contribution in [-0.2, 0) is 0 Å². The van der Waals surface area contributed by atoms with Crippen LogP contribution in [0.3, 0.4) is 0 Å². The van der Waals surface area contributed by atoms with Gasteiger partial charge in [0, 0.05) is 12.5 Å². The minimum atomic E-state index is -0.270. The van der Waals surface area contributed by atoms with Gasteiger partial charge < -0.3 is 10.1 Å². The summed E-state index contributed by atoms with van der Waals surface area (Å²) < 4.78 is 19.0. The normalized spacial score (nSPS) is 12.5. The molecule has 0 heterocycles. The Bertz CT molecular complexity index is 333. The lowest BCUT2D eigenvalue weighted by Crippen LogP contribution is -2.24. The minimum Gasteiger partial charge on any atom is -0.493 e. The molecule has 0 saturated carbocycles. The quantitative estimate of drug-likeness (QED) is 0.868. The van der Waals surface area contributed by atoms with Crippen molar-refractivity contribution in [1.82, 2.24) is 5.32 Å². The third-order valence-electron chi connectivity index (χ3n) is 2.17. The lowest BCUT2D eigenvalue weighted by molar-refractivity contribution is 0.256. The van der Waals surface area contributed by atoms with Gasteiger partial charge >= 0.3 is 0 Å². The van der Waals surface area contributed by atoms with Crippen LogP contribution >= 0.6 is 15.9 Å². The van der Waals surface area contributed by atoms with Gasteiger partial charge in [-0.1, -0.05) is 13.8 Å². The van der Waals surface area contributed by atoms with Gasteiger partial charge in [0.05, 0.1) is 11.1 Å². The maximum atomic E-state index is 13.0. The predicted octanol–water partition coefficient (Wildman–Crippen LogP) is 3.21. The van der Waals surface area contributed by atoms with Crippen molar-refractivity contribution in [2.24, 2.45) is 5.92 Å². The average Bonchev–Trinajstić information content (AvgIpc) is 2.28. The summed E-state index contributed by atoms with van der Waals surface area (Å²) in [5, 5.41) is 3.26. The summed E-state index contributed by atoms with van der Waals surface area (Å²) in [6.45, 7) is 6.71. The predicted molar refractivity (Wildman–Crippen MR) is 67.3 cm³/mol. The molecule has 4 heteroatoms. The number of hydrogen-bond donors (Lipinski definition) is 1. The first-order chi connectivity index (χ1) is 7.63. The molecule has 0 aromatic heterocycles. The van der Waals surface area contributed by atoms with Gasteiger partial charge in [-0.05, 0) is 40.7 Å². The van der Waals surface area contributed by atoms with Crippen LogP contribution in [0, 0.1) is 11.7 Å². The Kier molecular flexibility index (Phi) is 5.77. The number of rotatable bonds is 6. The third kappa shape index (κ3) is 4.49. The summed E-state index contributed by atoms with van der Waals surface area (Å²) >= 11 is 3.13. The lowest BCUT2D eigenvalue weighted by atomic mass is 10.2. The van der Waals surface area contributed by atoms with Crippen LogP contribution in [0.1, 0.15) is 13.8 Å². The standard InChI is InChI=1S/C12H17BrFNO/c1-3-15-7-9(2)8-16-10-4-5-12(14)11(13)6-10/h4-6,9,15H,3,7-8H2,1-2H3. The Morgan fingerprint density at radius 1 is 1.50 bits per heavy atom. The Labute approximate surface area is 104 Å². The molecular formula is C12H17BrFNO. The van der Waals surface area contributed by atoms with Gasteiger partial charge in [0.25, 0.3) is 0 Å². The van der Waals surface area contributed by atoms with Crippen LogP contribution < -0.4 is 10.1 Å². The zero-order chi connectivity index (χ0) is 12.0. The molecule has 1 aromatic carbocycles. The Morgan fingerprint density at radius 2 is 2.25 bits per heavy atom. The molecule has 0 radical (unpaired) electrons. The maximum absolute atomic E-state index is 13.0. The molecule has 1 N–H and O–H groups in total. The molecule has 16 heavy (non-hydrogen) atoms. The minimum absolute atomic E-state index is 0.270. The smallest absolute Gasteiger partial charge is 0.137 e. The van der Waals surface area contributed by atoms with Crippen molar-refractivity contribution >= 4 is 15.9 Å². The third-order valence-corrected chi connectivity index (χ3v) is 2.78. The first-order valence-electron chi connectivity index (χ1n) is 5.42. The van der Waals surface area contributed by atoms with E-state index in [0.29, 0.717) is 22.7 Å². The second-order valence-electron chi connectivity index (χ2n) is 3.80. The summed E-state index contributed by atoms with van der Waals surface area (Å²) in [6, 6.07) is 4.68. The van der Waals surface area contributed by atoms with E-state index < -0.39 is 0 Å². The highest BCUT2D eigenvalue weighted by atomic mass is 79.9. The van der Waals surface area contributed by atoms with E-state index in [2.05, 4.69) is 35.1 Å². The van der Waals surface area contributed by atoms with Gasteiger partial charge in [-0.15, -0.1) is 0 Å². The first kappa shape index (κ1) is 13.5. The molecule has 1 atom stereocenters. The van der Waals surface area contributed by atoms with E-state index in [1.54, 1.807) is 12.1 Å². The summed E-state index contributed by atoms with van der Waals surface area (Å²) in [4.78, 5) is 0. The second kappa shape index (κ2) is 6.86. The van der Waals surface area contributed by atoms with Gasteiger partial charge in [-0.2, -0.15) is 0 Å². The highest BCUT2D eigenvalue weighted by Gasteiger charge is 2.04. The van der Waals surface area contributed by atoms with Crippen molar-refractivity contribution in [1.29, 1.82) is 0 Å². The van der Waals surface area contributed by atoms with Crippen LogP contribution in [0.5, 0.6) is 5.75 Å². The SMILES string of the molecule is CCNCC(C)COc1ccc(F)c(Br)c1. The van der Waals surface area contributed by atoms with E-state index in [1.807, 2.05) is 0 Å². The molecular weight excluding hydrogens is 273 g/mol. The molecule has 0 spiro atoms. The van der Waals surface area contributed by atoms with Crippen LogP contribution in [0.2, 0.25) is 0 Å². The molecule has 0 amide bonds. The van der Waals surface area contributed by atoms with Crippen molar-refractivity contribution < 1.29 is 9.13 Å². The molecule has 0 aliphatic heterocycles. The van der Waals surface area contributed by atoms with Gasteiger partial charge in [0.1, 0.15) is 11.6 Å². The van der Waals surface area contributed by atoms with E-state index in [-0.39, 0.29) is 5.82 Å². The molecule has 0 saturated heterocycles. The van der Waals surface area contributed by atoms with Gasteiger partial charge in [0.15, 0.2) is 0 Å². The van der Waals surface area contributed by atoms with Crippen molar-refractivity contribution in [3.8, 4) is 5.75 Å². The van der Waals surface area contributed by atoms with Crippen molar-refractivity contribution in [2.75, 3.05) is 19.7 Å². The molecule has 90 valence electrons. The number of ether oxygens (including phenoxy) is 1. The molecule has 0 aliphatic rings. The Morgan fingerprint density at radius 3 is 2.88 bits per heavy atom. The number of halogens is 2. The zero-order valence-corrected chi connectivity index (χ0v) is 11.2. The largest absolute Gasteiger partial charge is 0.493 e. The Hall–Kier alpha value is -0.610. The van der Waals surface area contributed by atoms with Crippen LogP contribution in [0.25, 0.3) is 0 Å². The molecule has 1 aromatic rings. The van der Waals surface area contributed by atoms with Gasteiger partial charge in [-0.3, -0.25) is 0 Å².